The SMILES string of the molecule is COC(=O)[C@@H]1Cc2cc(F)ccc2[C@H]1CC(=O)c1c(C)nc2c(OCc3c(F)cccc3F)cccn12. The third kappa shape index (κ3) is 4.45. The molecule has 0 N–H and O–H groups in total. The zero-order valence-corrected chi connectivity index (χ0v) is 20.1. The van der Waals surface area contributed by atoms with Crippen LogP contribution in [0, 0.1) is 30.3 Å². The molecule has 0 saturated carbocycles. The molecule has 2 heterocycles. The summed E-state index contributed by atoms with van der Waals surface area (Å²) in [5.74, 6) is -3.42. The Bertz CT molecular complexity index is 1510. The summed E-state index contributed by atoms with van der Waals surface area (Å²) in [6, 6.07) is 11.1. The number of ether oxygens (including phenoxy) is 2. The number of hydrogen-bond donors (Lipinski definition) is 0. The minimum Gasteiger partial charge on any atom is -0.485 e. The number of ketones is 1. The van der Waals surface area contributed by atoms with Crippen molar-refractivity contribution in [3.63, 3.8) is 0 Å². The number of aryl methyl sites for hydroxylation is 1. The number of Topliss-reactive ketones (excluding diaryl/α,β-unsaturated/α-hetero) is 1. The first-order valence-corrected chi connectivity index (χ1v) is 11.7. The van der Waals surface area contributed by atoms with Crippen molar-refractivity contribution in [2.24, 2.45) is 5.92 Å². The summed E-state index contributed by atoms with van der Waals surface area (Å²) in [5.41, 5.74) is 2.27. The Morgan fingerprint density at radius 2 is 1.84 bits per heavy atom. The van der Waals surface area contributed by atoms with Gasteiger partial charge in [-0.3, -0.25) is 14.0 Å². The second-order valence-electron chi connectivity index (χ2n) is 9.01. The van der Waals surface area contributed by atoms with Gasteiger partial charge in [-0.1, -0.05) is 12.1 Å². The smallest absolute Gasteiger partial charge is 0.309 e. The highest BCUT2D eigenvalue weighted by Crippen LogP contribution is 2.42. The van der Waals surface area contributed by atoms with E-state index in [1.807, 2.05) is 0 Å². The van der Waals surface area contributed by atoms with Crippen molar-refractivity contribution in [1.82, 2.24) is 9.38 Å². The first-order valence-electron chi connectivity index (χ1n) is 11.7. The molecular formula is C28H23F3N2O4. The van der Waals surface area contributed by atoms with Gasteiger partial charge in [0, 0.05) is 18.5 Å². The number of carbonyl (C=O) groups is 2. The predicted molar refractivity (Wildman–Crippen MR) is 128 cm³/mol. The van der Waals surface area contributed by atoms with E-state index in [-0.39, 0.29) is 36.5 Å². The highest BCUT2D eigenvalue weighted by atomic mass is 19.1. The van der Waals surface area contributed by atoms with E-state index in [0.29, 0.717) is 22.6 Å². The molecule has 190 valence electrons. The Labute approximate surface area is 210 Å². The molecule has 0 unspecified atom stereocenters. The molecule has 0 spiro atoms. The van der Waals surface area contributed by atoms with Crippen LogP contribution in [0.5, 0.6) is 5.75 Å². The van der Waals surface area contributed by atoms with Gasteiger partial charge in [0.15, 0.2) is 17.2 Å². The number of nitrogens with zero attached hydrogens (tertiary/aromatic N) is 2. The van der Waals surface area contributed by atoms with Gasteiger partial charge in [-0.05, 0) is 60.9 Å². The highest BCUT2D eigenvalue weighted by Gasteiger charge is 2.40. The second kappa shape index (κ2) is 9.72. The summed E-state index contributed by atoms with van der Waals surface area (Å²) in [6.45, 7) is 1.32. The Hall–Kier alpha value is -4.14. The zero-order valence-electron chi connectivity index (χ0n) is 20.1. The number of imidazole rings is 1. The number of fused-ring (bicyclic) bond motifs is 2. The molecule has 5 rings (SSSR count). The fourth-order valence-electron chi connectivity index (χ4n) is 5.08. The van der Waals surface area contributed by atoms with Crippen molar-refractivity contribution in [3.05, 3.63) is 100 Å². The first-order chi connectivity index (χ1) is 17.8. The zero-order chi connectivity index (χ0) is 26.3. The van der Waals surface area contributed by atoms with E-state index >= 15 is 0 Å². The van der Waals surface area contributed by atoms with Crippen LogP contribution in [0.2, 0.25) is 0 Å². The maximum atomic E-state index is 14.0. The molecule has 1 aliphatic rings. The van der Waals surface area contributed by atoms with Gasteiger partial charge >= 0.3 is 5.97 Å². The largest absolute Gasteiger partial charge is 0.485 e. The van der Waals surface area contributed by atoms with E-state index in [1.54, 1.807) is 35.7 Å². The number of benzene rings is 2. The average molecular weight is 508 g/mol. The molecular weight excluding hydrogens is 485 g/mol. The number of esters is 1. The van der Waals surface area contributed by atoms with Gasteiger partial charge in [-0.15, -0.1) is 0 Å². The van der Waals surface area contributed by atoms with Gasteiger partial charge < -0.3 is 9.47 Å². The number of hydrogen-bond acceptors (Lipinski definition) is 5. The van der Waals surface area contributed by atoms with E-state index in [2.05, 4.69) is 4.98 Å². The molecule has 0 saturated heterocycles. The maximum Gasteiger partial charge on any atom is 0.309 e. The van der Waals surface area contributed by atoms with Gasteiger partial charge in [-0.2, -0.15) is 0 Å². The standard InChI is InChI=1S/C28H23F3N2O4/c1-15-26(24(34)13-19-18-9-8-17(29)11-16(18)12-20(19)28(35)36-2)33-10-4-7-25(27(33)32-15)37-14-21-22(30)5-3-6-23(21)31/h3-11,19-20H,12-14H2,1-2H3/t19-,20-/m1/s1. The van der Waals surface area contributed by atoms with Gasteiger partial charge in [0.1, 0.15) is 29.8 Å². The molecule has 2 aromatic carbocycles. The second-order valence-corrected chi connectivity index (χ2v) is 9.01. The molecule has 0 aliphatic heterocycles. The van der Waals surface area contributed by atoms with Gasteiger partial charge in [-0.25, -0.2) is 18.2 Å². The minimum atomic E-state index is -0.723. The Morgan fingerprint density at radius 1 is 1.08 bits per heavy atom. The molecule has 1 aliphatic carbocycles. The fourth-order valence-corrected chi connectivity index (χ4v) is 5.08. The third-order valence-corrected chi connectivity index (χ3v) is 6.83. The summed E-state index contributed by atoms with van der Waals surface area (Å²) >= 11 is 0. The van der Waals surface area contributed by atoms with Gasteiger partial charge in [0.05, 0.1) is 24.3 Å². The lowest BCUT2D eigenvalue weighted by Gasteiger charge is -2.18. The van der Waals surface area contributed by atoms with Crippen molar-refractivity contribution >= 4 is 17.4 Å². The van der Waals surface area contributed by atoms with E-state index in [0.717, 1.165) is 17.7 Å². The van der Waals surface area contributed by atoms with Crippen molar-refractivity contribution in [2.75, 3.05) is 7.11 Å². The van der Waals surface area contributed by atoms with Crippen molar-refractivity contribution in [2.45, 2.75) is 32.3 Å². The molecule has 0 fully saturated rings. The van der Waals surface area contributed by atoms with Gasteiger partial charge in [0.2, 0.25) is 0 Å². The number of carbonyl (C=O) groups excluding carboxylic acids is 2. The third-order valence-electron chi connectivity index (χ3n) is 6.83. The van der Waals surface area contributed by atoms with Crippen molar-refractivity contribution in [3.8, 4) is 5.75 Å². The Morgan fingerprint density at radius 3 is 2.57 bits per heavy atom. The molecule has 0 radical (unpaired) electrons. The van der Waals surface area contributed by atoms with Crippen LogP contribution in [-0.4, -0.2) is 28.2 Å². The summed E-state index contributed by atoms with van der Waals surface area (Å²) in [7, 11) is 1.29. The van der Waals surface area contributed by atoms with Crippen LogP contribution in [0.15, 0.2) is 54.7 Å². The molecule has 37 heavy (non-hydrogen) atoms. The van der Waals surface area contributed by atoms with E-state index in [9.17, 15) is 22.8 Å². The quantitative estimate of drug-likeness (QED) is 0.249. The summed E-state index contributed by atoms with van der Waals surface area (Å²) in [5, 5.41) is 0. The molecule has 9 heteroatoms. The molecule has 2 aromatic heterocycles. The maximum absolute atomic E-state index is 14.0. The summed E-state index contributed by atoms with van der Waals surface area (Å²) < 4.78 is 54.1. The lowest BCUT2D eigenvalue weighted by molar-refractivity contribution is -0.145. The number of methoxy groups -OCH3 is 1. The summed E-state index contributed by atoms with van der Waals surface area (Å²) in [4.78, 5) is 30.6. The van der Waals surface area contributed by atoms with Crippen LogP contribution in [-0.2, 0) is 22.6 Å². The van der Waals surface area contributed by atoms with Crippen LogP contribution >= 0.6 is 0 Å². The van der Waals surface area contributed by atoms with Gasteiger partial charge in [0.25, 0.3) is 0 Å². The van der Waals surface area contributed by atoms with Crippen LogP contribution < -0.4 is 4.74 Å². The number of aromatic nitrogens is 2. The monoisotopic (exact) mass is 508 g/mol. The first kappa shape index (κ1) is 24.5. The van der Waals surface area contributed by atoms with E-state index < -0.39 is 35.3 Å². The highest BCUT2D eigenvalue weighted by molar-refractivity contribution is 5.97. The van der Waals surface area contributed by atoms with E-state index in [4.69, 9.17) is 9.47 Å². The molecule has 0 amide bonds. The van der Waals surface area contributed by atoms with Crippen LogP contribution in [0.25, 0.3) is 5.65 Å². The van der Waals surface area contributed by atoms with Crippen LogP contribution in [0.3, 0.4) is 0 Å². The molecule has 2 atom stereocenters. The predicted octanol–water partition coefficient (Wildman–Crippen LogP) is 5.34. The molecule has 0 bridgehead atoms. The summed E-state index contributed by atoms with van der Waals surface area (Å²) in [6.07, 6.45) is 1.92. The van der Waals surface area contributed by atoms with Crippen LogP contribution in [0.1, 0.15) is 45.2 Å². The van der Waals surface area contributed by atoms with Crippen LogP contribution in [0.4, 0.5) is 13.2 Å². The number of halogens is 3. The Kier molecular flexibility index (Phi) is 6.45. The van der Waals surface area contributed by atoms with Crippen molar-refractivity contribution < 1.29 is 32.2 Å². The molecule has 6 nitrogen and oxygen atoms in total. The Balaban J connectivity index is 1.45. The normalized spacial score (nSPS) is 16.6. The topological polar surface area (TPSA) is 69.9 Å². The fraction of sp³-hybridized carbons (Fsp3) is 0.250. The average Bonchev–Trinajstić information content (AvgIpc) is 3.40. The molecule has 4 aromatic rings. The minimum absolute atomic E-state index is 0.0153. The van der Waals surface area contributed by atoms with Crippen molar-refractivity contribution in [1.29, 1.82) is 0 Å². The lowest BCUT2D eigenvalue weighted by Crippen LogP contribution is -2.23. The number of rotatable bonds is 7. The van der Waals surface area contributed by atoms with E-state index in [1.165, 1.54) is 25.3 Å². The number of pyridine rings is 1. The lowest BCUT2D eigenvalue weighted by atomic mass is 9.87.